The van der Waals surface area contributed by atoms with Crippen molar-refractivity contribution in [2.24, 2.45) is 0 Å². The number of fused-ring (bicyclic) bond motifs is 8. The Hall–Kier alpha value is -9.12. The summed E-state index contributed by atoms with van der Waals surface area (Å²) in [6, 6.07) is 84.6. The van der Waals surface area contributed by atoms with Crippen LogP contribution >= 0.6 is 0 Å². The highest BCUT2D eigenvalue weighted by atomic mass is 15.2. The minimum atomic E-state index is 0.100. The van der Waals surface area contributed by atoms with E-state index in [0.29, 0.717) is 0 Å². The number of benzene rings is 12. The van der Waals surface area contributed by atoms with Gasteiger partial charge in [0.25, 0.3) is 0 Å². The molecule has 2 aliphatic rings. The van der Waals surface area contributed by atoms with Gasteiger partial charge in [0.05, 0.1) is 33.4 Å². The van der Waals surface area contributed by atoms with Crippen molar-refractivity contribution in [2.75, 3.05) is 9.80 Å². The first-order valence-electron chi connectivity index (χ1n) is 31.9. The maximum atomic E-state index is 2.63. The molecule has 4 nitrogen and oxygen atoms in total. The molecule has 14 aromatic rings. The van der Waals surface area contributed by atoms with Gasteiger partial charge in [-0.15, -0.1) is 0 Å². The zero-order valence-corrected chi connectivity index (χ0v) is 50.6. The van der Waals surface area contributed by atoms with Gasteiger partial charge < -0.3 is 18.9 Å². The molecule has 0 unspecified atom stereocenters. The fraction of sp³-hybridized carbons (Fsp3) is 0.220. The summed E-state index contributed by atoms with van der Waals surface area (Å²) in [5.41, 5.74) is 23.3. The Kier molecular flexibility index (Phi) is 12.4. The first-order chi connectivity index (χ1) is 42.1. The van der Waals surface area contributed by atoms with Crippen LogP contribution in [0.4, 0.5) is 34.1 Å². The Bertz CT molecular complexity index is 4660. The summed E-state index contributed by atoms with van der Waals surface area (Å²) >= 11 is 0. The Morgan fingerprint density at radius 2 is 0.721 bits per heavy atom. The Morgan fingerprint density at radius 1 is 0.337 bits per heavy atom. The average Bonchev–Trinajstić information content (AvgIpc) is 1.13. The lowest BCUT2D eigenvalue weighted by Crippen LogP contribution is -2.16. The highest BCUT2D eigenvalue weighted by molar-refractivity contribution is 6.28. The molecule has 0 saturated heterocycles. The van der Waals surface area contributed by atoms with Crippen molar-refractivity contribution in [3.63, 3.8) is 0 Å². The third kappa shape index (κ3) is 8.23. The van der Waals surface area contributed by atoms with Gasteiger partial charge in [-0.1, -0.05) is 175 Å². The van der Waals surface area contributed by atoms with Gasteiger partial charge >= 0.3 is 0 Å². The number of anilines is 6. The average molecular weight is 1120 g/mol. The fourth-order valence-electron chi connectivity index (χ4n) is 15.2. The molecule has 0 N–H and O–H groups in total. The zero-order chi connectivity index (χ0) is 58.0. The minimum absolute atomic E-state index is 0.100. The second kappa shape index (κ2) is 20.3. The van der Waals surface area contributed by atoms with Gasteiger partial charge in [-0.05, 0) is 215 Å². The SMILES string of the molecule is CCC(C)(C)c1ccc(-n2c3ccccc3c3ccc(N(c4cccc5c4CCCC5)c4ccc5ccc6c(N(c7ccc8c9ccccc9n(-c9ccc(C(C)(C)CC)cc9)c8c7)c7cccc8c7CCCC8)ccc7ccc4c5c76)cc32)cc1. The Morgan fingerprint density at radius 3 is 1.15 bits per heavy atom. The molecule has 4 heteroatoms. The van der Waals surface area contributed by atoms with Crippen molar-refractivity contribution in [1.82, 2.24) is 9.13 Å². The van der Waals surface area contributed by atoms with Crippen LogP contribution in [0.5, 0.6) is 0 Å². The molecule has 422 valence electrons. The molecule has 0 amide bonds. The van der Waals surface area contributed by atoms with Crippen molar-refractivity contribution in [3.8, 4) is 11.4 Å². The summed E-state index contributed by atoms with van der Waals surface area (Å²) in [5.74, 6) is 0. The Balaban J connectivity index is 0.918. The van der Waals surface area contributed by atoms with Gasteiger partial charge in [-0.2, -0.15) is 0 Å². The van der Waals surface area contributed by atoms with Crippen LogP contribution < -0.4 is 9.80 Å². The first-order valence-corrected chi connectivity index (χ1v) is 31.9. The van der Waals surface area contributed by atoms with Crippen LogP contribution in [0.3, 0.4) is 0 Å². The maximum absolute atomic E-state index is 2.63. The van der Waals surface area contributed by atoms with Crippen LogP contribution in [-0.2, 0) is 36.5 Å². The summed E-state index contributed by atoms with van der Waals surface area (Å²) in [6.07, 6.45) is 11.4. The van der Waals surface area contributed by atoms with Crippen LogP contribution in [0, 0.1) is 0 Å². The summed E-state index contributed by atoms with van der Waals surface area (Å²) in [4.78, 5) is 5.25. The van der Waals surface area contributed by atoms with Crippen molar-refractivity contribution >= 4 is 110 Å². The monoisotopic (exact) mass is 1110 g/mol. The number of hydrogen-bond acceptors (Lipinski definition) is 2. The molecular formula is C82H74N4. The van der Waals surface area contributed by atoms with Crippen molar-refractivity contribution in [1.29, 1.82) is 0 Å². The van der Waals surface area contributed by atoms with Crippen LogP contribution in [-0.4, -0.2) is 9.13 Å². The quantitative estimate of drug-likeness (QED) is 0.113. The highest BCUT2D eigenvalue weighted by Gasteiger charge is 2.29. The first kappa shape index (κ1) is 52.4. The largest absolute Gasteiger partial charge is 0.310 e. The standard InChI is InChI=1S/C82H74N4/c1-7-81(3,4)57-35-39-59(40-36-57)83-73-27-15-13-25-65(73)67-47-43-61(51-77(67)83)85(71-29-17-21-53-19-9-11-23-63(53)71)75-49-33-55-32-46-70-76(50-34-56-31-45-69(75)79(55)80(56)70)86(72-30-18-22-54-20-10-12-24-64(54)72)62-44-48-68-66-26-14-16-28-74(66)84(78(68)52-62)60-41-37-58(38-42-60)82(5,6)8-2/h13-18,21-22,25-52H,7-12,19-20,23-24H2,1-6H3. The molecular weight excluding hydrogens is 1040 g/mol. The van der Waals surface area contributed by atoms with E-state index in [1.165, 1.54) is 169 Å². The molecule has 0 spiro atoms. The molecule has 0 fully saturated rings. The van der Waals surface area contributed by atoms with Crippen molar-refractivity contribution in [3.05, 3.63) is 252 Å². The van der Waals surface area contributed by atoms with E-state index in [1.54, 1.807) is 0 Å². The van der Waals surface area contributed by atoms with Crippen LogP contribution in [0.2, 0.25) is 0 Å². The zero-order valence-electron chi connectivity index (χ0n) is 50.6. The molecule has 2 aliphatic carbocycles. The number of aryl methyl sites for hydroxylation is 2. The molecule has 2 aromatic heterocycles. The topological polar surface area (TPSA) is 16.3 Å². The lowest BCUT2D eigenvalue weighted by atomic mass is 9.82. The van der Waals surface area contributed by atoms with Gasteiger partial charge in [0, 0.05) is 66.4 Å². The van der Waals surface area contributed by atoms with Crippen LogP contribution in [0.15, 0.2) is 218 Å². The van der Waals surface area contributed by atoms with E-state index in [1.807, 2.05) is 0 Å². The van der Waals surface area contributed by atoms with Gasteiger partial charge in [0.2, 0.25) is 0 Å². The summed E-state index contributed by atoms with van der Waals surface area (Å²) in [6.45, 7) is 14.0. The normalized spacial score (nSPS) is 13.9. The highest BCUT2D eigenvalue weighted by Crippen LogP contribution is 2.51. The number of para-hydroxylation sites is 2. The van der Waals surface area contributed by atoms with E-state index in [9.17, 15) is 0 Å². The summed E-state index contributed by atoms with van der Waals surface area (Å²) in [5, 5.41) is 12.7. The summed E-state index contributed by atoms with van der Waals surface area (Å²) < 4.78 is 5.00. The molecule has 0 bridgehead atoms. The number of rotatable bonds is 12. The molecule has 0 aliphatic heterocycles. The van der Waals surface area contributed by atoms with E-state index in [0.717, 1.165) is 49.9 Å². The van der Waals surface area contributed by atoms with Gasteiger partial charge in [-0.25, -0.2) is 0 Å². The lowest BCUT2D eigenvalue weighted by Gasteiger charge is -2.33. The number of nitrogens with zero attached hydrogens (tertiary/aromatic N) is 4. The third-order valence-corrected chi connectivity index (χ3v) is 20.7. The molecule has 0 radical (unpaired) electrons. The third-order valence-electron chi connectivity index (χ3n) is 20.7. The molecule has 16 rings (SSSR count). The predicted octanol–water partition coefficient (Wildman–Crippen LogP) is 22.9. The van der Waals surface area contributed by atoms with Gasteiger partial charge in [-0.3, -0.25) is 0 Å². The number of hydrogen-bond donors (Lipinski definition) is 0. The van der Waals surface area contributed by atoms with E-state index in [2.05, 4.69) is 279 Å². The second-order valence-electron chi connectivity index (χ2n) is 26.2. The van der Waals surface area contributed by atoms with E-state index < -0.39 is 0 Å². The molecule has 0 saturated carbocycles. The van der Waals surface area contributed by atoms with Crippen molar-refractivity contribution in [2.45, 2.75) is 117 Å². The molecule has 2 heterocycles. The predicted molar refractivity (Wildman–Crippen MR) is 368 cm³/mol. The molecule has 0 atom stereocenters. The van der Waals surface area contributed by atoms with Crippen LogP contribution in [0.1, 0.15) is 113 Å². The van der Waals surface area contributed by atoms with E-state index in [-0.39, 0.29) is 10.8 Å². The van der Waals surface area contributed by atoms with Gasteiger partial charge in [0.1, 0.15) is 0 Å². The Labute approximate surface area is 505 Å². The minimum Gasteiger partial charge on any atom is -0.310 e. The smallest absolute Gasteiger partial charge is 0.0561 e. The lowest BCUT2D eigenvalue weighted by molar-refractivity contribution is 0.506. The van der Waals surface area contributed by atoms with Crippen LogP contribution in [0.25, 0.3) is 87.3 Å². The van der Waals surface area contributed by atoms with Crippen molar-refractivity contribution < 1.29 is 0 Å². The van der Waals surface area contributed by atoms with Gasteiger partial charge in [0.15, 0.2) is 0 Å². The molecule has 12 aromatic carbocycles. The number of aromatic nitrogens is 2. The summed E-state index contributed by atoms with van der Waals surface area (Å²) in [7, 11) is 0. The van der Waals surface area contributed by atoms with E-state index in [4.69, 9.17) is 0 Å². The molecule has 86 heavy (non-hydrogen) atoms. The van der Waals surface area contributed by atoms with E-state index >= 15 is 0 Å². The fourth-order valence-corrected chi connectivity index (χ4v) is 15.2. The second-order valence-corrected chi connectivity index (χ2v) is 26.2. The maximum Gasteiger partial charge on any atom is 0.0561 e.